The fourth-order valence-electron chi connectivity index (χ4n) is 4.15. The number of amides is 4. The van der Waals surface area contributed by atoms with Crippen molar-refractivity contribution in [2.75, 3.05) is 26.2 Å². The third kappa shape index (κ3) is 30.7. The van der Waals surface area contributed by atoms with Crippen molar-refractivity contribution in [3.8, 4) is 0 Å². The number of alkyl halides is 3. The van der Waals surface area contributed by atoms with Crippen LogP contribution in [-0.2, 0) is 14.4 Å². The Kier molecular flexibility index (Phi) is 27.9. The van der Waals surface area contributed by atoms with E-state index in [1.165, 1.54) is 77.0 Å². The SMILES string of the molecule is CCCCCCCCCCCCCCNCCCC(=O)N[C@H](C(=O)NCCCCNC(N)=O)C(C)C.O=C(O)C(F)(F)F. The number of halogens is 3. The minimum Gasteiger partial charge on any atom is -0.475 e. The Hall–Kier alpha value is -2.57. The smallest absolute Gasteiger partial charge is 0.475 e. The molecule has 10 nitrogen and oxygen atoms in total. The van der Waals surface area contributed by atoms with Crippen molar-refractivity contribution in [2.24, 2.45) is 11.7 Å². The monoisotopic (exact) mass is 625 g/mol. The van der Waals surface area contributed by atoms with Crippen LogP contribution in [0.5, 0.6) is 0 Å². The predicted octanol–water partition coefficient (Wildman–Crippen LogP) is 5.40. The molecule has 0 aliphatic heterocycles. The highest BCUT2D eigenvalue weighted by molar-refractivity contribution is 5.87. The second-order valence-electron chi connectivity index (χ2n) is 11.1. The summed E-state index contributed by atoms with van der Waals surface area (Å²) in [4.78, 5) is 44.3. The average Bonchev–Trinajstić information content (AvgIpc) is 2.92. The molecule has 0 spiro atoms. The van der Waals surface area contributed by atoms with Gasteiger partial charge >= 0.3 is 18.2 Å². The van der Waals surface area contributed by atoms with E-state index in [0.29, 0.717) is 19.5 Å². The van der Waals surface area contributed by atoms with Crippen LogP contribution in [0.15, 0.2) is 0 Å². The second kappa shape index (κ2) is 28.2. The first kappa shape index (κ1) is 42.6. The van der Waals surface area contributed by atoms with E-state index in [0.717, 1.165) is 32.4 Å². The van der Waals surface area contributed by atoms with Crippen molar-refractivity contribution in [3.63, 3.8) is 0 Å². The van der Waals surface area contributed by atoms with Crippen molar-refractivity contribution in [2.45, 2.75) is 136 Å². The van der Waals surface area contributed by atoms with Gasteiger partial charge in [-0.1, -0.05) is 91.4 Å². The maximum Gasteiger partial charge on any atom is 0.490 e. The summed E-state index contributed by atoms with van der Waals surface area (Å²) in [6, 6.07) is -1.07. The Morgan fingerprint density at radius 2 is 1.12 bits per heavy atom. The van der Waals surface area contributed by atoms with Gasteiger partial charge in [0, 0.05) is 19.5 Å². The van der Waals surface area contributed by atoms with Crippen LogP contribution in [0.25, 0.3) is 0 Å². The largest absolute Gasteiger partial charge is 0.490 e. The van der Waals surface area contributed by atoms with Crippen LogP contribution in [0.3, 0.4) is 0 Å². The van der Waals surface area contributed by atoms with E-state index in [-0.39, 0.29) is 17.7 Å². The quantitative estimate of drug-likeness (QED) is 0.0745. The Morgan fingerprint density at radius 3 is 1.56 bits per heavy atom. The van der Waals surface area contributed by atoms with Gasteiger partial charge in [0.15, 0.2) is 0 Å². The van der Waals surface area contributed by atoms with Gasteiger partial charge in [-0.05, 0) is 44.7 Å². The maximum atomic E-state index is 12.5. The molecule has 0 bridgehead atoms. The summed E-state index contributed by atoms with van der Waals surface area (Å²) in [7, 11) is 0. The van der Waals surface area contributed by atoms with Crippen molar-refractivity contribution in [1.29, 1.82) is 0 Å². The summed E-state index contributed by atoms with van der Waals surface area (Å²) in [5.41, 5.74) is 5.02. The first-order chi connectivity index (χ1) is 20.3. The predicted molar refractivity (Wildman–Crippen MR) is 163 cm³/mol. The van der Waals surface area contributed by atoms with Gasteiger partial charge < -0.3 is 32.1 Å². The van der Waals surface area contributed by atoms with Crippen LogP contribution in [0.1, 0.15) is 124 Å². The number of unbranched alkanes of at least 4 members (excludes halogenated alkanes) is 12. The van der Waals surface area contributed by atoms with Crippen LogP contribution in [0.2, 0.25) is 0 Å². The molecule has 0 aromatic rings. The van der Waals surface area contributed by atoms with Crippen LogP contribution >= 0.6 is 0 Å². The molecule has 0 aromatic carbocycles. The number of aliphatic carboxylic acids is 1. The van der Waals surface area contributed by atoms with Gasteiger partial charge in [-0.2, -0.15) is 13.2 Å². The molecule has 0 heterocycles. The summed E-state index contributed by atoms with van der Waals surface area (Å²) < 4.78 is 31.7. The van der Waals surface area contributed by atoms with E-state index >= 15 is 0 Å². The standard InChI is InChI=1S/C28H57N5O3.C2HF3O2/c1-4-5-6-7-8-9-10-11-12-13-14-15-20-30-21-18-19-25(34)33-26(24(2)3)27(35)31-22-16-17-23-32-28(29)36;3-2(4,5)1(6)7/h24,26,30H,4-23H2,1-3H3,(H,31,35)(H,33,34)(H3,29,32,36);(H,6,7)/t26-;/m0./s1. The van der Waals surface area contributed by atoms with Crippen molar-refractivity contribution in [1.82, 2.24) is 21.3 Å². The van der Waals surface area contributed by atoms with Crippen molar-refractivity contribution < 1.29 is 37.5 Å². The van der Waals surface area contributed by atoms with E-state index in [1.54, 1.807) is 0 Å². The molecule has 0 aromatic heterocycles. The molecule has 0 unspecified atom stereocenters. The third-order valence-electron chi connectivity index (χ3n) is 6.67. The molecule has 1 atom stereocenters. The maximum absolute atomic E-state index is 12.5. The summed E-state index contributed by atoms with van der Waals surface area (Å²) in [6.07, 6.45) is 13.8. The average molecular weight is 626 g/mol. The first-order valence-electron chi connectivity index (χ1n) is 15.9. The van der Waals surface area contributed by atoms with Crippen LogP contribution in [0, 0.1) is 5.92 Å². The van der Waals surface area contributed by atoms with E-state index in [1.807, 2.05) is 13.8 Å². The highest BCUT2D eigenvalue weighted by atomic mass is 19.4. The Balaban J connectivity index is 0. The molecule has 254 valence electrons. The number of nitrogens with one attached hydrogen (secondary N) is 4. The summed E-state index contributed by atoms with van der Waals surface area (Å²) in [5, 5.41) is 18.8. The molecule has 0 saturated carbocycles. The lowest BCUT2D eigenvalue weighted by atomic mass is 10.0. The number of hydrogen-bond acceptors (Lipinski definition) is 5. The van der Waals surface area contributed by atoms with Gasteiger partial charge in [0.25, 0.3) is 0 Å². The van der Waals surface area contributed by atoms with Gasteiger partial charge in [-0.3, -0.25) is 9.59 Å². The van der Waals surface area contributed by atoms with Crippen molar-refractivity contribution >= 4 is 23.8 Å². The minimum absolute atomic E-state index is 0.00870. The fourth-order valence-corrected chi connectivity index (χ4v) is 4.15. The van der Waals surface area contributed by atoms with Gasteiger partial charge in [-0.15, -0.1) is 0 Å². The zero-order chi connectivity index (χ0) is 32.9. The number of nitrogens with two attached hydrogens (primary N) is 1. The topological polar surface area (TPSA) is 163 Å². The number of primary amides is 1. The molecule has 0 saturated heterocycles. The highest BCUT2D eigenvalue weighted by Crippen LogP contribution is 2.13. The summed E-state index contributed by atoms with van der Waals surface area (Å²) in [5.74, 6) is -2.99. The molecule has 0 aliphatic carbocycles. The number of carboxylic acid groups (broad SMARTS) is 1. The summed E-state index contributed by atoms with van der Waals surface area (Å²) >= 11 is 0. The normalized spacial score (nSPS) is 11.8. The molecular weight excluding hydrogens is 567 g/mol. The molecule has 4 amide bonds. The molecule has 0 fully saturated rings. The Bertz CT molecular complexity index is 739. The molecule has 0 aliphatic rings. The number of rotatable bonds is 25. The molecule has 7 N–H and O–H groups in total. The van der Waals surface area contributed by atoms with E-state index in [2.05, 4.69) is 28.2 Å². The number of urea groups is 1. The molecule has 13 heteroatoms. The fraction of sp³-hybridized carbons (Fsp3) is 0.867. The second-order valence-corrected chi connectivity index (χ2v) is 11.1. The van der Waals surface area contributed by atoms with Gasteiger partial charge in [0.05, 0.1) is 0 Å². The minimum atomic E-state index is -5.08. The lowest BCUT2D eigenvalue weighted by molar-refractivity contribution is -0.192. The van der Waals surface area contributed by atoms with E-state index < -0.39 is 24.2 Å². The van der Waals surface area contributed by atoms with Crippen LogP contribution < -0.4 is 27.0 Å². The third-order valence-corrected chi connectivity index (χ3v) is 6.67. The lowest BCUT2D eigenvalue weighted by Gasteiger charge is -2.21. The highest BCUT2D eigenvalue weighted by Gasteiger charge is 2.38. The zero-order valence-corrected chi connectivity index (χ0v) is 26.6. The van der Waals surface area contributed by atoms with Gasteiger partial charge in [0.2, 0.25) is 11.8 Å². The van der Waals surface area contributed by atoms with Crippen LogP contribution in [0.4, 0.5) is 18.0 Å². The first-order valence-corrected chi connectivity index (χ1v) is 15.9. The molecule has 0 rings (SSSR count). The number of carboxylic acids is 1. The number of carbonyl (C=O) groups excluding carboxylic acids is 3. The zero-order valence-electron chi connectivity index (χ0n) is 26.6. The Morgan fingerprint density at radius 1 is 0.698 bits per heavy atom. The number of hydrogen-bond donors (Lipinski definition) is 6. The molecular formula is C30H58F3N5O5. The number of carbonyl (C=O) groups is 4. The van der Waals surface area contributed by atoms with Crippen LogP contribution in [-0.4, -0.2) is 67.3 Å². The molecule has 43 heavy (non-hydrogen) atoms. The summed E-state index contributed by atoms with van der Waals surface area (Å²) in [6.45, 7) is 8.94. The van der Waals surface area contributed by atoms with Gasteiger partial charge in [0.1, 0.15) is 6.04 Å². The molecule has 0 radical (unpaired) electrons. The van der Waals surface area contributed by atoms with E-state index in [4.69, 9.17) is 15.6 Å². The van der Waals surface area contributed by atoms with E-state index in [9.17, 15) is 27.6 Å². The lowest BCUT2D eigenvalue weighted by Crippen LogP contribution is -2.50. The van der Waals surface area contributed by atoms with Gasteiger partial charge in [-0.25, -0.2) is 9.59 Å². The van der Waals surface area contributed by atoms with Crippen molar-refractivity contribution in [3.05, 3.63) is 0 Å². The Labute approximate surface area is 256 Å².